The fraction of sp³-hybridized carbons (Fsp3) is 0.377. The number of aliphatic carboxylic acids is 1. The predicted octanol–water partition coefficient (Wildman–Crippen LogP) is 2.74. The number of methoxy groups -OCH3 is 1. The van der Waals surface area contributed by atoms with Crippen molar-refractivity contribution in [1.29, 1.82) is 5.41 Å². The number of rotatable bonds is 37. The third-order valence-electron chi connectivity index (χ3n) is 18.0. The van der Waals surface area contributed by atoms with Crippen molar-refractivity contribution in [2.24, 2.45) is 5.73 Å². The van der Waals surface area contributed by atoms with E-state index in [2.05, 4.69) is 47.5 Å². The molecule has 12 rings (SSSR count). The number of fused-ring (bicyclic) bond motifs is 20. The van der Waals surface area contributed by atoms with Crippen molar-refractivity contribution < 1.29 is 96.0 Å². The number of carbonyl (C=O) groups excluding carboxylic acids is 6. The molecule has 3 aliphatic rings. The molecule has 4 atom stereocenters. The van der Waals surface area contributed by atoms with E-state index >= 15 is 0 Å². The molecule has 37 heteroatoms. The van der Waals surface area contributed by atoms with Crippen molar-refractivity contribution in [3.63, 3.8) is 0 Å². The van der Waals surface area contributed by atoms with Crippen molar-refractivity contribution in [3.05, 3.63) is 133 Å². The van der Waals surface area contributed by atoms with E-state index in [0.29, 0.717) is 101 Å². The number of nitrogens with zero attached hydrogens (tertiary/aromatic N) is 11. The molecule has 11 N–H and O–H groups in total. The summed E-state index contributed by atoms with van der Waals surface area (Å²) in [7, 11) is 1.62. The summed E-state index contributed by atoms with van der Waals surface area (Å²) in [5.74, 6) is -4.07. The van der Waals surface area contributed by atoms with Crippen molar-refractivity contribution >= 4 is 91.5 Å². The summed E-state index contributed by atoms with van der Waals surface area (Å²) < 4.78 is 48.5. The standard InChI is InChI=1S/C77H88N20O16.Zn/c1-106-28-29-107-30-32-109-36-38-112-58-24-25-59(64-63(58)71-92-69-52-20-9-7-18-50(52)67(90-69)88-65-48-16-5-6-17-49(48)66(87-65)89-68-51-19-8-10-21-53(51)70(91-68)93-72(64)94-71)113-39-37-110-33-31-108-34-35-111-45-47-43-97(96-95-47)44-61(99)80-26-12-11-22-55-74(103)84-54(23-13-27-81-77(78)79)73(102)82-42-60(98)83-57(41-62(100)101)76(105)86-56(75(104)85-55)40-46-14-3-2-4-15-46;/h2-10,14-21,24-25,43,54-57H,11-13,22-23,26-42,44-45H2,1H3,(H13,78,79,80,81,82,83,84,85,86,87,88,89,90,91,92,93,94,95,96,98,99,100,101,102,103,104,105);/q;+2/p-2/t54-,55-,56+,57-;/m0./s1. The summed E-state index contributed by atoms with van der Waals surface area (Å²) in [5, 5.41) is 46.4. The number of hydrogen-bond donors (Lipinski definition) is 10. The monoisotopic (exact) mass is 1610 g/mol. The Morgan fingerprint density at radius 3 is 1.55 bits per heavy atom. The molecule has 36 nitrogen and oxygen atoms in total. The predicted molar refractivity (Wildman–Crippen MR) is 409 cm³/mol. The van der Waals surface area contributed by atoms with Crippen LogP contribution in [-0.4, -0.2) is 228 Å². The van der Waals surface area contributed by atoms with Gasteiger partial charge in [-0.2, -0.15) is 0 Å². The van der Waals surface area contributed by atoms with Crippen LogP contribution in [0.1, 0.15) is 49.8 Å². The van der Waals surface area contributed by atoms with Crippen LogP contribution in [0.25, 0.3) is 89.7 Å². The van der Waals surface area contributed by atoms with Crippen molar-refractivity contribution in [3.8, 4) is 57.1 Å². The molecule has 1 fully saturated rings. The largest absolute Gasteiger partial charge is 2.00 e. The normalized spacial score (nSPS) is 15.7. The van der Waals surface area contributed by atoms with Gasteiger partial charge in [0.25, 0.3) is 0 Å². The number of carboxylic acid groups (broad SMARTS) is 1. The molecule has 8 bridgehead atoms. The van der Waals surface area contributed by atoms with Crippen LogP contribution in [0.15, 0.2) is 121 Å². The molecule has 592 valence electrons. The van der Waals surface area contributed by atoms with Crippen molar-refractivity contribution in [1.82, 2.24) is 92.1 Å². The Balaban J connectivity index is 0.0000128. The number of nitrogens with two attached hydrogens (primary N) is 1. The average Bonchev–Trinajstić information content (AvgIpc) is 1.59. The summed E-state index contributed by atoms with van der Waals surface area (Å²) in [5.41, 5.74) is 10.7. The first kappa shape index (κ1) is 83.1. The zero-order chi connectivity index (χ0) is 78.8. The van der Waals surface area contributed by atoms with Gasteiger partial charge in [-0.1, -0.05) is 108 Å². The number of aromatic nitrogens is 11. The van der Waals surface area contributed by atoms with Gasteiger partial charge in [0.15, 0.2) is 5.96 Å². The number of guanidine groups is 1. The molecule has 0 saturated carbocycles. The second kappa shape index (κ2) is 41.6. The molecule has 6 amide bonds. The van der Waals surface area contributed by atoms with Crippen LogP contribution in [0.3, 0.4) is 0 Å². The molecule has 0 aliphatic carbocycles. The number of nitrogens with one attached hydrogen (secondary N) is 8. The van der Waals surface area contributed by atoms with E-state index in [1.807, 2.05) is 72.8 Å². The van der Waals surface area contributed by atoms with E-state index < -0.39 is 78.5 Å². The number of benzene rings is 5. The van der Waals surface area contributed by atoms with Gasteiger partial charge in [-0.15, -0.1) is 5.10 Å². The molecule has 9 aromatic rings. The first-order valence-electron chi connectivity index (χ1n) is 36.9. The molecule has 3 aliphatic heterocycles. The Hall–Kier alpha value is -11.9. The number of hydrogen-bond acceptors (Lipinski definition) is 24. The number of ether oxygens (including phenoxy) is 8. The Morgan fingerprint density at radius 1 is 0.535 bits per heavy atom. The topological polar surface area (TPSA) is 484 Å². The van der Waals surface area contributed by atoms with E-state index in [9.17, 15) is 38.7 Å². The molecule has 1 saturated heterocycles. The quantitative estimate of drug-likeness (QED) is 0.0116. The maximum Gasteiger partial charge on any atom is 2.00 e. The molecule has 0 unspecified atom stereocenters. The SMILES string of the molecule is COCCOCCOCCOc1ccc(OCCOCCOCCOCc2cn(CC(=O)NCCCC[C@@H]3NC(=O)[C@@H](Cc4ccccc4)NC(=O)[C@H](CC(=O)O)NC(=O)CNC(=O)[C@H](CCCNC(=N)N)NC3=O)nn2)c2c1-c1nc-2nc2[n-]c(nc3nc(nc4[n-]c(n1)c1ccccc41)-c1ccccc1-3)c1ccccc21.[Zn+2]. The van der Waals surface area contributed by atoms with Gasteiger partial charge in [-0.3, -0.25) is 39.0 Å². The number of carboxylic acids is 1. The van der Waals surface area contributed by atoms with Gasteiger partial charge in [0.1, 0.15) is 61.1 Å². The van der Waals surface area contributed by atoms with Crippen LogP contribution < -0.4 is 62.4 Å². The Bertz CT molecular complexity index is 5050. The third kappa shape index (κ3) is 22.7. The van der Waals surface area contributed by atoms with Gasteiger partial charge in [0.05, 0.1) is 126 Å². The first-order valence-corrected chi connectivity index (χ1v) is 36.9. The minimum absolute atomic E-state index is 0. The first-order chi connectivity index (χ1) is 55.1. The van der Waals surface area contributed by atoms with Crippen molar-refractivity contribution in [2.45, 2.75) is 82.3 Å². The van der Waals surface area contributed by atoms with E-state index in [4.69, 9.17) is 88.9 Å². The minimum atomic E-state index is -1.64. The molecule has 4 aromatic heterocycles. The smallest absolute Gasteiger partial charge is 0.490 e. The average molecular weight is 1610 g/mol. The zero-order valence-corrected chi connectivity index (χ0v) is 65.6. The van der Waals surface area contributed by atoms with Crippen LogP contribution in [-0.2, 0) is 101 Å². The van der Waals surface area contributed by atoms with Crippen LogP contribution in [0, 0.1) is 5.41 Å². The van der Waals surface area contributed by atoms with Crippen LogP contribution >= 0.6 is 0 Å². The molecule has 5 aromatic carbocycles. The van der Waals surface area contributed by atoms with Crippen molar-refractivity contribution in [2.75, 3.05) is 106 Å². The van der Waals surface area contributed by atoms with Gasteiger partial charge < -0.3 is 116 Å². The van der Waals surface area contributed by atoms with Crippen LogP contribution in [0.2, 0.25) is 0 Å². The van der Waals surface area contributed by atoms with Crippen LogP contribution in [0.4, 0.5) is 0 Å². The van der Waals surface area contributed by atoms with Gasteiger partial charge in [-0.05, 0) is 71.3 Å². The second-order valence-electron chi connectivity index (χ2n) is 26.2. The number of carbonyl (C=O) groups is 7. The molecule has 0 spiro atoms. The Morgan fingerprint density at radius 2 is 1.00 bits per heavy atom. The number of unbranched alkanes of at least 4 members (excludes halogenated alkanes) is 1. The minimum Gasteiger partial charge on any atom is -0.490 e. The van der Waals surface area contributed by atoms with E-state index in [0.717, 1.165) is 32.7 Å². The van der Waals surface area contributed by atoms with Gasteiger partial charge in [0.2, 0.25) is 35.4 Å². The molecule has 7 heterocycles. The third-order valence-corrected chi connectivity index (χ3v) is 18.0. The maximum absolute atomic E-state index is 14.2. The van der Waals surface area contributed by atoms with E-state index in [1.54, 1.807) is 55.8 Å². The van der Waals surface area contributed by atoms with Crippen LogP contribution in [0.5, 0.6) is 11.5 Å². The molecule has 114 heavy (non-hydrogen) atoms. The van der Waals surface area contributed by atoms with E-state index in [-0.39, 0.29) is 148 Å². The summed E-state index contributed by atoms with van der Waals surface area (Å²) >= 11 is 0. The second-order valence-corrected chi connectivity index (χ2v) is 26.2. The fourth-order valence-corrected chi connectivity index (χ4v) is 12.6. The fourth-order valence-electron chi connectivity index (χ4n) is 12.6. The summed E-state index contributed by atoms with van der Waals surface area (Å²) in [6.45, 7) is 2.90. The van der Waals surface area contributed by atoms with Gasteiger partial charge in [-0.25, -0.2) is 14.6 Å². The molecular formula is C77H86N20O16Zn. The molecular weight excluding hydrogens is 1530 g/mol. The van der Waals surface area contributed by atoms with E-state index in [1.165, 1.54) is 4.68 Å². The maximum atomic E-state index is 14.2. The summed E-state index contributed by atoms with van der Waals surface area (Å²) in [6.07, 6.45) is 1.49. The Kier molecular flexibility index (Phi) is 30.3. The Labute approximate surface area is 665 Å². The summed E-state index contributed by atoms with van der Waals surface area (Å²) in [6, 6.07) is 29.9. The number of amides is 6. The summed E-state index contributed by atoms with van der Waals surface area (Å²) in [4.78, 5) is 134. The van der Waals surface area contributed by atoms with Gasteiger partial charge >= 0.3 is 25.4 Å². The van der Waals surface area contributed by atoms with Gasteiger partial charge in [0, 0.05) is 60.3 Å². The molecule has 0 radical (unpaired) electrons. The zero-order valence-electron chi connectivity index (χ0n) is 62.6.